The third-order valence-corrected chi connectivity index (χ3v) is 4.66. The summed E-state index contributed by atoms with van der Waals surface area (Å²) in [6, 6.07) is 8.24. The van der Waals surface area contributed by atoms with E-state index in [2.05, 4.69) is 16.7 Å². The van der Waals surface area contributed by atoms with Crippen LogP contribution < -0.4 is 4.90 Å². The monoisotopic (exact) mass is 262 g/mol. The zero-order chi connectivity index (χ0) is 13.2. The van der Waals surface area contributed by atoms with Gasteiger partial charge in [0.15, 0.2) is 0 Å². The molecular formula is C16H23FN2. The summed E-state index contributed by atoms with van der Waals surface area (Å²) in [5, 5.41) is 0. The quantitative estimate of drug-likeness (QED) is 0.807. The molecule has 3 heteroatoms. The van der Waals surface area contributed by atoms with Crippen molar-refractivity contribution < 1.29 is 4.39 Å². The number of halogens is 1. The highest BCUT2D eigenvalue weighted by atomic mass is 19.1. The molecule has 0 spiro atoms. The molecule has 2 nitrogen and oxygen atoms in total. The van der Waals surface area contributed by atoms with Crippen LogP contribution in [0.1, 0.15) is 32.6 Å². The molecule has 0 radical (unpaired) electrons. The van der Waals surface area contributed by atoms with E-state index in [1.54, 1.807) is 12.1 Å². The molecule has 0 aliphatic carbocycles. The van der Waals surface area contributed by atoms with Crippen molar-refractivity contribution in [3.05, 3.63) is 30.1 Å². The van der Waals surface area contributed by atoms with Gasteiger partial charge in [0, 0.05) is 24.3 Å². The van der Waals surface area contributed by atoms with Gasteiger partial charge in [-0.2, -0.15) is 0 Å². The van der Waals surface area contributed by atoms with Crippen LogP contribution in [0.4, 0.5) is 10.1 Å². The number of benzene rings is 1. The fourth-order valence-corrected chi connectivity index (χ4v) is 3.60. The van der Waals surface area contributed by atoms with Crippen LogP contribution in [0.25, 0.3) is 0 Å². The van der Waals surface area contributed by atoms with Crippen molar-refractivity contribution in [2.75, 3.05) is 24.5 Å². The average molecular weight is 262 g/mol. The molecule has 0 amide bonds. The molecule has 2 aliphatic rings. The molecule has 19 heavy (non-hydrogen) atoms. The van der Waals surface area contributed by atoms with Gasteiger partial charge in [0.2, 0.25) is 0 Å². The summed E-state index contributed by atoms with van der Waals surface area (Å²) < 4.78 is 13.0. The van der Waals surface area contributed by atoms with Gasteiger partial charge in [0.25, 0.3) is 0 Å². The number of nitrogens with zero attached hydrogens (tertiary/aromatic N) is 2. The van der Waals surface area contributed by atoms with Gasteiger partial charge in [-0.05, 0) is 70.0 Å². The van der Waals surface area contributed by atoms with Crippen molar-refractivity contribution in [2.45, 2.75) is 44.7 Å². The van der Waals surface area contributed by atoms with E-state index in [0.717, 1.165) is 18.3 Å². The first-order valence-electron chi connectivity index (χ1n) is 7.50. The van der Waals surface area contributed by atoms with Crippen LogP contribution in [-0.4, -0.2) is 36.6 Å². The number of hydrogen-bond donors (Lipinski definition) is 0. The van der Waals surface area contributed by atoms with Crippen LogP contribution in [-0.2, 0) is 0 Å². The summed E-state index contributed by atoms with van der Waals surface area (Å²) in [4.78, 5) is 5.09. The lowest BCUT2D eigenvalue weighted by Crippen LogP contribution is -2.48. The van der Waals surface area contributed by atoms with Gasteiger partial charge in [-0.3, -0.25) is 0 Å². The van der Waals surface area contributed by atoms with E-state index in [0.29, 0.717) is 6.04 Å². The van der Waals surface area contributed by atoms with Crippen LogP contribution in [0.5, 0.6) is 0 Å². The Morgan fingerprint density at radius 3 is 2.37 bits per heavy atom. The van der Waals surface area contributed by atoms with Gasteiger partial charge >= 0.3 is 0 Å². The minimum atomic E-state index is -0.150. The number of rotatable bonds is 2. The minimum absolute atomic E-state index is 0.150. The van der Waals surface area contributed by atoms with E-state index in [1.807, 2.05) is 12.1 Å². The van der Waals surface area contributed by atoms with Crippen LogP contribution in [0.3, 0.4) is 0 Å². The number of piperidine rings is 1. The first-order chi connectivity index (χ1) is 9.24. The summed E-state index contributed by atoms with van der Waals surface area (Å²) in [7, 11) is 0. The fourth-order valence-electron chi connectivity index (χ4n) is 3.60. The predicted molar refractivity (Wildman–Crippen MR) is 77.0 cm³/mol. The minimum Gasteiger partial charge on any atom is -0.369 e. The highest BCUT2D eigenvalue weighted by Crippen LogP contribution is 2.28. The second-order valence-corrected chi connectivity index (χ2v) is 5.94. The van der Waals surface area contributed by atoms with Crippen molar-refractivity contribution in [2.24, 2.45) is 0 Å². The Morgan fingerprint density at radius 2 is 1.74 bits per heavy atom. The van der Waals surface area contributed by atoms with Crippen LogP contribution >= 0.6 is 0 Å². The molecule has 2 unspecified atom stereocenters. The second kappa shape index (κ2) is 5.49. The Hall–Kier alpha value is -1.09. The molecular weight excluding hydrogens is 239 g/mol. The Morgan fingerprint density at radius 1 is 1.05 bits per heavy atom. The molecule has 0 N–H and O–H groups in total. The van der Waals surface area contributed by atoms with Crippen molar-refractivity contribution in [3.8, 4) is 0 Å². The molecule has 3 rings (SSSR count). The largest absolute Gasteiger partial charge is 0.369 e. The topological polar surface area (TPSA) is 6.48 Å². The highest BCUT2D eigenvalue weighted by molar-refractivity contribution is 5.47. The van der Waals surface area contributed by atoms with E-state index >= 15 is 0 Å². The molecule has 1 aromatic rings. The first kappa shape index (κ1) is 12.9. The fraction of sp³-hybridized carbons (Fsp3) is 0.625. The van der Waals surface area contributed by atoms with E-state index in [-0.39, 0.29) is 5.82 Å². The zero-order valence-electron chi connectivity index (χ0n) is 11.7. The Labute approximate surface area is 115 Å². The van der Waals surface area contributed by atoms with Crippen molar-refractivity contribution in [1.82, 2.24) is 4.90 Å². The summed E-state index contributed by atoms with van der Waals surface area (Å²) in [5.74, 6) is -0.150. The zero-order valence-corrected chi connectivity index (χ0v) is 11.7. The lowest BCUT2D eigenvalue weighted by Gasteiger charge is -2.42. The predicted octanol–water partition coefficient (Wildman–Crippen LogP) is 3.28. The highest BCUT2D eigenvalue weighted by Gasteiger charge is 2.30. The van der Waals surface area contributed by atoms with Gasteiger partial charge in [0.05, 0.1) is 0 Å². The normalized spacial score (nSPS) is 28.8. The maximum Gasteiger partial charge on any atom is 0.123 e. The lowest BCUT2D eigenvalue weighted by atomic mass is 9.96. The van der Waals surface area contributed by atoms with Crippen LogP contribution in [0.2, 0.25) is 0 Å². The smallest absolute Gasteiger partial charge is 0.123 e. The third kappa shape index (κ3) is 2.76. The van der Waals surface area contributed by atoms with Crippen molar-refractivity contribution >= 4 is 5.69 Å². The molecule has 0 aromatic heterocycles. The standard InChI is InChI=1S/C16H23FN2/c1-13-12-16(18-9-2-3-10-18)8-11-19(13)15-6-4-14(17)5-7-15/h4-7,13,16H,2-3,8-12H2,1H3. The molecule has 0 saturated carbocycles. The van der Waals surface area contributed by atoms with E-state index in [1.165, 1.54) is 38.8 Å². The number of anilines is 1. The molecule has 2 heterocycles. The molecule has 2 saturated heterocycles. The Kier molecular flexibility index (Phi) is 3.74. The Balaban J connectivity index is 1.65. The Bertz CT molecular complexity index is 411. The summed E-state index contributed by atoms with van der Waals surface area (Å²) in [5.41, 5.74) is 1.16. The summed E-state index contributed by atoms with van der Waals surface area (Å²) in [6.07, 6.45) is 5.21. The lowest BCUT2D eigenvalue weighted by molar-refractivity contribution is 0.192. The maximum atomic E-state index is 13.0. The van der Waals surface area contributed by atoms with E-state index in [4.69, 9.17) is 0 Å². The molecule has 2 atom stereocenters. The number of likely N-dealkylation sites (tertiary alicyclic amines) is 1. The number of hydrogen-bond acceptors (Lipinski definition) is 2. The summed E-state index contributed by atoms with van der Waals surface area (Å²) in [6.45, 7) is 5.96. The average Bonchev–Trinajstić information content (AvgIpc) is 2.94. The molecule has 104 valence electrons. The SMILES string of the molecule is CC1CC(N2CCCC2)CCN1c1ccc(F)cc1. The molecule has 2 aliphatic heterocycles. The van der Waals surface area contributed by atoms with Gasteiger partial charge in [-0.1, -0.05) is 0 Å². The van der Waals surface area contributed by atoms with E-state index in [9.17, 15) is 4.39 Å². The summed E-state index contributed by atoms with van der Waals surface area (Å²) >= 11 is 0. The molecule has 2 fully saturated rings. The van der Waals surface area contributed by atoms with E-state index < -0.39 is 0 Å². The van der Waals surface area contributed by atoms with Crippen LogP contribution in [0.15, 0.2) is 24.3 Å². The van der Waals surface area contributed by atoms with Crippen LogP contribution in [0, 0.1) is 5.82 Å². The van der Waals surface area contributed by atoms with Gasteiger partial charge < -0.3 is 9.80 Å². The molecule has 1 aromatic carbocycles. The maximum absolute atomic E-state index is 13.0. The van der Waals surface area contributed by atoms with Crippen molar-refractivity contribution in [3.63, 3.8) is 0 Å². The van der Waals surface area contributed by atoms with Gasteiger partial charge in [0.1, 0.15) is 5.82 Å². The molecule has 0 bridgehead atoms. The van der Waals surface area contributed by atoms with Gasteiger partial charge in [-0.15, -0.1) is 0 Å². The second-order valence-electron chi connectivity index (χ2n) is 5.94. The van der Waals surface area contributed by atoms with Gasteiger partial charge in [-0.25, -0.2) is 4.39 Å². The van der Waals surface area contributed by atoms with Crippen molar-refractivity contribution in [1.29, 1.82) is 0 Å². The first-order valence-corrected chi connectivity index (χ1v) is 7.50. The third-order valence-electron chi connectivity index (χ3n) is 4.66.